The van der Waals surface area contributed by atoms with Crippen LogP contribution in [0.3, 0.4) is 0 Å². The minimum atomic E-state index is 0.197. The largest absolute Gasteiger partial charge is 0.497 e. The maximum Gasteiger partial charge on any atom is 0.118 e. The Morgan fingerprint density at radius 3 is 2.41 bits per heavy atom. The van der Waals surface area contributed by atoms with Crippen LogP contribution in [0.1, 0.15) is 25.8 Å². The Bertz CT molecular complexity index is 307. The van der Waals surface area contributed by atoms with E-state index in [-0.39, 0.29) is 12.6 Å². The van der Waals surface area contributed by atoms with Gasteiger partial charge in [-0.2, -0.15) is 0 Å². The lowest BCUT2D eigenvalue weighted by Gasteiger charge is -2.20. The molecule has 2 N–H and O–H groups in total. The normalized spacial score (nSPS) is 14.4. The Kier molecular flexibility index (Phi) is 6.01. The zero-order valence-electron chi connectivity index (χ0n) is 10.9. The van der Waals surface area contributed by atoms with Crippen molar-refractivity contribution in [1.82, 2.24) is 5.32 Å². The smallest absolute Gasteiger partial charge is 0.118 e. The minimum absolute atomic E-state index is 0.197. The second-order valence-corrected chi connectivity index (χ2v) is 4.41. The first-order valence-electron chi connectivity index (χ1n) is 6.19. The maximum atomic E-state index is 9.13. The quantitative estimate of drug-likeness (QED) is 0.762. The van der Waals surface area contributed by atoms with Gasteiger partial charge in [0.15, 0.2) is 0 Å². The average molecular weight is 237 g/mol. The molecule has 0 spiro atoms. The third-order valence-electron chi connectivity index (χ3n) is 2.93. The fourth-order valence-corrected chi connectivity index (χ4v) is 1.88. The van der Waals surface area contributed by atoms with Gasteiger partial charge in [0.1, 0.15) is 5.75 Å². The molecule has 3 heteroatoms. The molecule has 1 aromatic carbocycles. The average Bonchev–Trinajstić information content (AvgIpc) is 2.37. The predicted molar refractivity (Wildman–Crippen MR) is 70.5 cm³/mol. The van der Waals surface area contributed by atoms with Crippen molar-refractivity contribution in [3.63, 3.8) is 0 Å². The van der Waals surface area contributed by atoms with Crippen molar-refractivity contribution >= 4 is 0 Å². The zero-order chi connectivity index (χ0) is 12.7. The van der Waals surface area contributed by atoms with Crippen molar-refractivity contribution in [3.05, 3.63) is 29.8 Å². The van der Waals surface area contributed by atoms with E-state index in [1.54, 1.807) is 7.11 Å². The minimum Gasteiger partial charge on any atom is -0.497 e. The van der Waals surface area contributed by atoms with Crippen molar-refractivity contribution < 1.29 is 9.84 Å². The second-order valence-electron chi connectivity index (χ2n) is 4.41. The van der Waals surface area contributed by atoms with Gasteiger partial charge in [-0.15, -0.1) is 0 Å². The van der Waals surface area contributed by atoms with Crippen molar-refractivity contribution in [2.45, 2.75) is 38.8 Å². The van der Waals surface area contributed by atoms with Crippen LogP contribution in [-0.2, 0) is 6.42 Å². The number of methoxy groups -OCH3 is 1. The molecule has 3 nitrogen and oxygen atoms in total. The van der Waals surface area contributed by atoms with Gasteiger partial charge in [-0.05, 0) is 37.5 Å². The van der Waals surface area contributed by atoms with E-state index >= 15 is 0 Å². The van der Waals surface area contributed by atoms with Crippen LogP contribution in [0.25, 0.3) is 0 Å². The van der Waals surface area contributed by atoms with Crippen molar-refractivity contribution in [2.24, 2.45) is 0 Å². The zero-order valence-corrected chi connectivity index (χ0v) is 10.9. The Hall–Kier alpha value is -1.06. The Morgan fingerprint density at radius 1 is 1.29 bits per heavy atom. The van der Waals surface area contributed by atoms with Gasteiger partial charge in [-0.1, -0.05) is 19.1 Å². The first kappa shape index (κ1) is 14.0. The summed E-state index contributed by atoms with van der Waals surface area (Å²) in [4.78, 5) is 0. The summed E-state index contributed by atoms with van der Waals surface area (Å²) in [7, 11) is 1.67. The number of rotatable bonds is 7. The van der Waals surface area contributed by atoms with E-state index in [2.05, 4.69) is 31.3 Å². The van der Waals surface area contributed by atoms with E-state index in [1.807, 2.05) is 12.1 Å². The molecule has 0 saturated carbocycles. The molecule has 0 bridgehead atoms. The highest BCUT2D eigenvalue weighted by atomic mass is 16.5. The number of benzene rings is 1. The number of aliphatic hydroxyl groups is 1. The summed E-state index contributed by atoms with van der Waals surface area (Å²) in [5.74, 6) is 0.885. The highest BCUT2D eigenvalue weighted by Crippen LogP contribution is 2.12. The second kappa shape index (κ2) is 7.30. The molecule has 2 atom stereocenters. The Morgan fingerprint density at radius 2 is 1.94 bits per heavy atom. The summed E-state index contributed by atoms with van der Waals surface area (Å²) in [6.07, 6.45) is 1.91. The topological polar surface area (TPSA) is 41.5 Å². The predicted octanol–water partition coefficient (Wildman–Crippen LogP) is 1.99. The standard InChI is InChI=1S/C14H23NO2/c1-4-13(10-16)15-11(2)9-12-5-7-14(17-3)8-6-12/h5-8,11,13,15-16H,4,9-10H2,1-3H3/t11?,13-/m1/s1. The van der Waals surface area contributed by atoms with Gasteiger partial charge in [0.25, 0.3) is 0 Å². The number of ether oxygens (including phenoxy) is 1. The molecule has 0 radical (unpaired) electrons. The lowest BCUT2D eigenvalue weighted by atomic mass is 10.1. The molecule has 0 aliphatic carbocycles. The fourth-order valence-electron chi connectivity index (χ4n) is 1.88. The molecule has 0 saturated heterocycles. The van der Waals surface area contributed by atoms with Gasteiger partial charge < -0.3 is 15.2 Å². The highest BCUT2D eigenvalue weighted by molar-refractivity contribution is 5.27. The van der Waals surface area contributed by atoms with E-state index in [9.17, 15) is 0 Å². The maximum absolute atomic E-state index is 9.13. The Labute approximate surface area is 104 Å². The molecule has 1 rings (SSSR count). The van der Waals surface area contributed by atoms with E-state index in [0.29, 0.717) is 6.04 Å². The highest BCUT2D eigenvalue weighted by Gasteiger charge is 2.09. The van der Waals surface area contributed by atoms with Crippen LogP contribution in [0.15, 0.2) is 24.3 Å². The molecular formula is C14H23NO2. The molecule has 0 heterocycles. The van der Waals surface area contributed by atoms with Crippen molar-refractivity contribution in [1.29, 1.82) is 0 Å². The van der Waals surface area contributed by atoms with E-state index in [0.717, 1.165) is 18.6 Å². The summed E-state index contributed by atoms with van der Waals surface area (Å²) < 4.78 is 5.12. The van der Waals surface area contributed by atoms with Crippen LogP contribution < -0.4 is 10.1 Å². The van der Waals surface area contributed by atoms with Crippen LogP contribution >= 0.6 is 0 Å². The van der Waals surface area contributed by atoms with Crippen LogP contribution in [0.5, 0.6) is 5.75 Å². The van der Waals surface area contributed by atoms with Gasteiger partial charge in [0.05, 0.1) is 13.7 Å². The molecule has 1 unspecified atom stereocenters. The molecular weight excluding hydrogens is 214 g/mol. The summed E-state index contributed by atoms with van der Waals surface area (Å²) in [5, 5.41) is 12.5. The van der Waals surface area contributed by atoms with E-state index in [1.165, 1.54) is 5.56 Å². The number of aliphatic hydroxyl groups excluding tert-OH is 1. The molecule has 17 heavy (non-hydrogen) atoms. The number of hydrogen-bond acceptors (Lipinski definition) is 3. The molecule has 0 aliphatic heterocycles. The van der Waals surface area contributed by atoms with Crippen LogP contribution in [-0.4, -0.2) is 30.9 Å². The first-order valence-corrected chi connectivity index (χ1v) is 6.19. The van der Waals surface area contributed by atoms with E-state index < -0.39 is 0 Å². The lowest BCUT2D eigenvalue weighted by molar-refractivity contribution is 0.229. The van der Waals surface area contributed by atoms with Crippen molar-refractivity contribution in [3.8, 4) is 5.75 Å². The summed E-state index contributed by atoms with van der Waals surface area (Å²) in [6, 6.07) is 8.67. The van der Waals surface area contributed by atoms with Crippen LogP contribution in [0.4, 0.5) is 0 Å². The summed E-state index contributed by atoms with van der Waals surface area (Å²) >= 11 is 0. The van der Waals surface area contributed by atoms with E-state index in [4.69, 9.17) is 9.84 Å². The fraction of sp³-hybridized carbons (Fsp3) is 0.571. The molecule has 0 aliphatic rings. The number of nitrogens with one attached hydrogen (secondary N) is 1. The summed E-state index contributed by atoms with van der Waals surface area (Å²) in [5.41, 5.74) is 1.28. The molecule has 1 aromatic rings. The van der Waals surface area contributed by atoms with Gasteiger partial charge in [0, 0.05) is 12.1 Å². The van der Waals surface area contributed by atoms with Gasteiger partial charge >= 0.3 is 0 Å². The monoisotopic (exact) mass is 237 g/mol. The van der Waals surface area contributed by atoms with Gasteiger partial charge in [-0.25, -0.2) is 0 Å². The molecule has 96 valence electrons. The Balaban J connectivity index is 2.46. The molecule has 0 amide bonds. The van der Waals surface area contributed by atoms with Crippen LogP contribution in [0, 0.1) is 0 Å². The van der Waals surface area contributed by atoms with Gasteiger partial charge in [-0.3, -0.25) is 0 Å². The van der Waals surface area contributed by atoms with Gasteiger partial charge in [0.2, 0.25) is 0 Å². The van der Waals surface area contributed by atoms with Crippen molar-refractivity contribution in [2.75, 3.05) is 13.7 Å². The molecule has 0 aromatic heterocycles. The first-order chi connectivity index (χ1) is 8.19. The SMILES string of the molecule is CC[C@H](CO)NC(C)Cc1ccc(OC)cc1. The third kappa shape index (κ3) is 4.75. The number of hydrogen-bond donors (Lipinski definition) is 2. The summed E-state index contributed by atoms with van der Waals surface area (Å²) in [6.45, 7) is 4.42. The van der Waals surface area contributed by atoms with Crippen LogP contribution in [0.2, 0.25) is 0 Å². The third-order valence-corrected chi connectivity index (χ3v) is 2.93. The molecule has 0 fully saturated rings. The lowest BCUT2D eigenvalue weighted by Crippen LogP contribution is -2.39.